The van der Waals surface area contributed by atoms with Crippen LogP contribution in [0.3, 0.4) is 0 Å². The second-order valence-corrected chi connectivity index (χ2v) is 7.61. The van der Waals surface area contributed by atoms with Gasteiger partial charge in [-0.2, -0.15) is 0 Å². The van der Waals surface area contributed by atoms with E-state index in [0.29, 0.717) is 16.6 Å². The monoisotopic (exact) mass is 361 g/mol. The summed E-state index contributed by atoms with van der Waals surface area (Å²) in [5, 5.41) is 4.38. The Hall–Kier alpha value is -2.75. The van der Waals surface area contributed by atoms with E-state index >= 15 is 0 Å². The average molecular weight is 361 g/mol. The molecule has 4 nitrogen and oxygen atoms in total. The molecule has 27 heavy (non-hydrogen) atoms. The number of benzene rings is 1. The third-order valence-corrected chi connectivity index (χ3v) is 5.78. The first kappa shape index (κ1) is 17.7. The van der Waals surface area contributed by atoms with Crippen LogP contribution in [0.1, 0.15) is 55.1 Å². The van der Waals surface area contributed by atoms with Gasteiger partial charge in [0.15, 0.2) is 0 Å². The van der Waals surface area contributed by atoms with E-state index in [4.69, 9.17) is 0 Å². The third kappa shape index (κ3) is 3.20. The molecule has 0 radical (unpaired) electrons. The number of hydrogen-bond donors (Lipinski definition) is 1. The maximum absolute atomic E-state index is 13.0. The molecule has 2 aromatic heterocycles. The van der Waals surface area contributed by atoms with Gasteiger partial charge in [0.1, 0.15) is 0 Å². The van der Waals surface area contributed by atoms with Crippen molar-refractivity contribution in [2.75, 3.05) is 0 Å². The number of nitrogens with one attached hydrogen (secondary N) is 1. The Balaban J connectivity index is 1.80. The zero-order valence-electron chi connectivity index (χ0n) is 16.2. The predicted molar refractivity (Wildman–Crippen MR) is 111 cm³/mol. The molecule has 0 atom stereocenters. The lowest BCUT2D eigenvalue weighted by atomic mass is 9.95. The summed E-state index contributed by atoms with van der Waals surface area (Å²) in [5.74, 6) is 0. The van der Waals surface area contributed by atoms with Gasteiger partial charge in [-0.05, 0) is 56.5 Å². The molecule has 0 bridgehead atoms. The van der Waals surface area contributed by atoms with E-state index in [2.05, 4.69) is 36.2 Å². The molecule has 1 N–H and O–H groups in total. The second kappa shape index (κ2) is 7.10. The summed E-state index contributed by atoms with van der Waals surface area (Å²) in [6, 6.07) is 12.4. The Morgan fingerprint density at radius 1 is 1.11 bits per heavy atom. The van der Waals surface area contributed by atoms with Crippen LogP contribution in [-0.2, 0) is 0 Å². The van der Waals surface area contributed by atoms with Gasteiger partial charge in [-0.1, -0.05) is 44.0 Å². The topological polar surface area (TPSA) is 42.7 Å². The second-order valence-electron chi connectivity index (χ2n) is 7.61. The van der Waals surface area contributed by atoms with Crippen molar-refractivity contribution in [2.45, 2.75) is 52.0 Å². The van der Waals surface area contributed by atoms with Crippen molar-refractivity contribution in [1.29, 1.82) is 0 Å². The van der Waals surface area contributed by atoms with Crippen LogP contribution in [0.4, 0.5) is 0 Å². The van der Waals surface area contributed by atoms with Gasteiger partial charge in [0.2, 0.25) is 0 Å². The molecule has 3 aromatic rings. The average Bonchev–Trinajstić information content (AvgIpc) is 3.13. The van der Waals surface area contributed by atoms with E-state index in [0.717, 1.165) is 11.3 Å². The van der Waals surface area contributed by atoms with Crippen LogP contribution in [0.5, 0.6) is 0 Å². The summed E-state index contributed by atoms with van der Waals surface area (Å²) in [6.07, 6.45) is 8.46. The molecule has 1 aliphatic rings. The Morgan fingerprint density at radius 2 is 1.81 bits per heavy atom. The molecule has 1 aromatic carbocycles. The first-order valence-corrected chi connectivity index (χ1v) is 9.82. The van der Waals surface area contributed by atoms with Crippen molar-refractivity contribution >= 4 is 12.7 Å². The molecule has 0 unspecified atom stereocenters. The van der Waals surface area contributed by atoms with E-state index < -0.39 is 0 Å². The standard InChI is InChI=1S/C23H27N3O/c1-16-14-19(18(3)25(16)20-10-6-4-7-11-20)15-22-17(2)24-26(23(22)27)21-12-8-5-9-13-21/h5,8-9,12-15,20,24H,2,4,6-7,10-11H2,1,3H3/b22-15-. The first-order valence-electron chi connectivity index (χ1n) is 9.82. The number of H-pyrrole nitrogens is 1. The molecule has 1 fully saturated rings. The lowest BCUT2D eigenvalue weighted by Crippen LogP contribution is -2.34. The minimum atomic E-state index is -0.0614. The zero-order valence-corrected chi connectivity index (χ0v) is 16.2. The molecule has 0 aliphatic heterocycles. The van der Waals surface area contributed by atoms with Crippen LogP contribution >= 0.6 is 0 Å². The van der Waals surface area contributed by atoms with Gasteiger partial charge < -0.3 is 4.57 Å². The van der Waals surface area contributed by atoms with Gasteiger partial charge in [0, 0.05) is 17.4 Å². The molecule has 0 saturated heterocycles. The van der Waals surface area contributed by atoms with Gasteiger partial charge in [-0.3, -0.25) is 9.89 Å². The van der Waals surface area contributed by atoms with E-state index in [1.54, 1.807) is 4.68 Å². The number of rotatable bonds is 3. The molecular formula is C23H27N3O. The summed E-state index contributed by atoms with van der Waals surface area (Å²) >= 11 is 0. The fourth-order valence-electron chi connectivity index (χ4n) is 4.41. The fraction of sp³-hybridized carbons (Fsp3) is 0.348. The number of aromatic amines is 1. The summed E-state index contributed by atoms with van der Waals surface area (Å²) in [4.78, 5) is 13.0. The van der Waals surface area contributed by atoms with Crippen molar-refractivity contribution in [1.82, 2.24) is 14.3 Å². The van der Waals surface area contributed by atoms with Crippen LogP contribution in [0.2, 0.25) is 0 Å². The Bertz CT molecular complexity index is 1110. The Kier molecular flexibility index (Phi) is 4.65. The van der Waals surface area contributed by atoms with Crippen LogP contribution in [0.25, 0.3) is 18.3 Å². The highest BCUT2D eigenvalue weighted by Crippen LogP contribution is 2.32. The van der Waals surface area contributed by atoms with Crippen molar-refractivity contribution < 1.29 is 0 Å². The largest absolute Gasteiger partial charge is 0.346 e. The SMILES string of the molecule is C=c1[nH]n(-c2ccccc2)c(=O)/c1=C\c1cc(C)n(C2CCCCC2)c1C. The fourth-order valence-corrected chi connectivity index (χ4v) is 4.41. The van der Waals surface area contributed by atoms with Crippen molar-refractivity contribution in [3.8, 4) is 5.69 Å². The van der Waals surface area contributed by atoms with Crippen molar-refractivity contribution in [2.24, 2.45) is 0 Å². The predicted octanol–water partition coefficient (Wildman–Crippen LogP) is 3.33. The highest BCUT2D eigenvalue weighted by Gasteiger charge is 2.19. The maximum Gasteiger partial charge on any atom is 0.279 e. The smallest absolute Gasteiger partial charge is 0.279 e. The molecule has 4 rings (SSSR count). The molecule has 2 heterocycles. The number of hydrogen-bond acceptors (Lipinski definition) is 1. The van der Waals surface area contributed by atoms with Crippen LogP contribution < -0.4 is 16.1 Å². The van der Waals surface area contributed by atoms with E-state index in [1.165, 1.54) is 43.5 Å². The van der Waals surface area contributed by atoms with Crippen LogP contribution in [0.15, 0.2) is 41.2 Å². The normalized spacial score (nSPS) is 16.1. The minimum Gasteiger partial charge on any atom is -0.346 e. The molecule has 4 heteroatoms. The molecular weight excluding hydrogens is 334 g/mol. The highest BCUT2D eigenvalue weighted by atomic mass is 16.1. The number of aryl methyl sites for hydroxylation is 1. The third-order valence-electron chi connectivity index (χ3n) is 5.78. The Morgan fingerprint density at radius 3 is 2.52 bits per heavy atom. The number of para-hydroxylation sites is 1. The van der Waals surface area contributed by atoms with Gasteiger partial charge in [-0.15, -0.1) is 0 Å². The van der Waals surface area contributed by atoms with E-state index in [-0.39, 0.29) is 5.56 Å². The van der Waals surface area contributed by atoms with Crippen LogP contribution in [0, 0.1) is 13.8 Å². The summed E-state index contributed by atoms with van der Waals surface area (Å²) in [6.45, 7) is 8.39. The maximum atomic E-state index is 13.0. The number of aromatic nitrogens is 3. The number of nitrogens with zero attached hydrogens (tertiary/aromatic N) is 2. The molecule has 0 spiro atoms. The molecule has 1 aliphatic carbocycles. The van der Waals surface area contributed by atoms with Gasteiger partial charge >= 0.3 is 0 Å². The Labute approximate surface area is 159 Å². The summed E-state index contributed by atoms with van der Waals surface area (Å²) in [7, 11) is 0. The van der Waals surface area contributed by atoms with Crippen molar-refractivity contribution in [3.05, 3.63) is 74.3 Å². The minimum absolute atomic E-state index is 0.0614. The highest BCUT2D eigenvalue weighted by molar-refractivity contribution is 5.54. The van der Waals surface area contributed by atoms with Gasteiger partial charge in [-0.25, -0.2) is 4.68 Å². The van der Waals surface area contributed by atoms with Crippen LogP contribution in [-0.4, -0.2) is 14.3 Å². The van der Waals surface area contributed by atoms with E-state index in [1.807, 2.05) is 36.4 Å². The quantitative estimate of drug-likeness (QED) is 0.764. The van der Waals surface area contributed by atoms with Gasteiger partial charge in [0.05, 0.1) is 16.3 Å². The first-order chi connectivity index (χ1) is 13.1. The lowest BCUT2D eigenvalue weighted by Gasteiger charge is -2.26. The molecule has 140 valence electrons. The molecule has 0 amide bonds. The summed E-state index contributed by atoms with van der Waals surface area (Å²) in [5.41, 5.74) is 4.38. The zero-order chi connectivity index (χ0) is 19.0. The van der Waals surface area contributed by atoms with Gasteiger partial charge in [0.25, 0.3) is 5.56 Å². The summed E-state index contributed by atoms with van der Waals surface area (Å²) < 4.78 is 4.03. The lowest BCUT2D eigenvalue weighted by molar-refractivity contribution is 0.346. The molecule has 1 saturated carbocycles. The van der Waals surface area contributed by atoms with E-state index in [9.17, 15) is 4.79 Å². The van der Waals surface area contributed by atoms with Crippen molar-refractivity contribution in [3.63, 3.8) is 0 Å².